The summed E-state index contributed by atoms with van der Waals surface area (Å²) in [5, 5.41) is 3.02. The molecule has 0 aromatic heterocycles. The fraction of sp³-hybridized carbons (Fsp3) is 0.923. The average molecular weight is 241 g/mol. The van der Waals surface area contributed by atoms with E-state index in [0.717, 1.165) is 25.3 Å². The van der Waals surface area contributed by atoms with E-state index in [1.54, 1.807) is 0 Å². The van der Waals surface area contributed by atoms with Crippen LogP contribution in [0.4, 0.5) is 0 Å². The standard InChI is InChI=1S/C13H27N3O/c1-11(3-7-14)13(17)15-8-4-12-5-9-16(2)10-6-12/h11-12H,3-10,14H2,1-2H3,(H,15,17). The SMILES string of the molecule is CC(CCN)C(=O)NCCC1CCN(C)CC1. The number of likely N-dealkylation sites (tertiary alicyclic amines) is 1. The highest BCUT2D eigenvalue weighted by atomic mass is 16.1. The molecule has 100 valence electrons. The zero-order chi connectivity index (χ0) is 12.7. The van der Waals surface area contributed by atoms with Crippen LogP contribution in [0.3, 0.4) is 0 Å². The molecule has 0 radical (unpaired) electrons. The molecule has 0 bridgehead atoms. The second-order valence-corrected chi connectivity index (χ2v) is 5.30. The Bertz CT molecular complexity index is 225. The van der Waals surface area contributed by atoms with Gasteiger partial charge >= 0.3 is 0 Å². The number of carbonyl (C=O) groups excluding carboxylic acids is 1. The van der Waals surface area contributed by atoms with Gasteiger partial charge in [-0.3, -0.25) is 4.79 Å². The van der Waals surface area contributed by atoms with Gasteiger partial charge in [-0.25, -0.2) is 0 Å². The lowest BCUT2D eigenvalue weighted by Gasteiger charge is -2.29. The van der Waals surface area contributed by atoms with Crippen molar-refractivity contribution in [2.75, 3.05) is 33.2 Å². The van der Waals surface area contributed by atoms with Crippen molar-refractivity contribution in [2.24, 2.45) is 17.6 Å². The van der Waals surface area contributed by atoms with Crippen LogP contribution in [0.5, 0.6) is 0 Å². The summed E-state index contributed by atoms with van der Waals surface area (Å²) in [5.41, 5.74) is 5.44. The lowest BCUT2D eigenvalue weighted by atomic mass is 9.94. The number of piperidine rings is 1. The topological polar surface area (TPSA) is 58.4 Å². The molecule has 1 atom stereocenters. The number of carbonyl (C=O) groups is 1. The quantitative estimate of drug-likeness (QED) is 0.724. The molecular formula is C13H27N3O. The largest absolute Gasteiger partial charge is 0.356 e. The second-order valence-electron chi connectivity index (χ2n) is 5.30. The number of amides is 1. The Hall–Kier alpha value is -0.610. The summed E-state index contributed by atoms with van der Waals surface area (Å²) in [6, 6.07) is 0. The van der Waals surface area contributed by atoms with Crippen molar-refractivity contribution < 1.29 is 4.79 Å². The maximum absolute atomic E-state index is 11.7. The van der Waals surface area contributed by atoms with Crippen LogP contribution in [-0.4, -0.2) is 44.0 Å². The van der Waals surface area contributed by atoms with Gasteiger partial charge in [-0.05, 0) is 58.3 Å². The monoisotopic (exact) mass is 241 g/mol. The van der Waals surface area contributed by atoms with Crippen molar-refractivity contribution in [3.05, 3.63) is 0 Å². The molecule has 0 spiro atoms. The van der Waals surface area contributed by atoms with Gasteiger partial charge in [-0.15, -0.1) is 0 Å². The second kappa shape index (κ2) is 7.67. The van der Waals surface area contributed by atoms with E-state index >= 15 is 0 Å². The summed E-state index contributed by atoms with van der Waals surface area (Å²) in [6.45, 7) is 5.74. The molecule has 1 heterocycles. The van der Waals surface area contributed by atoms with Crippen molar-refractivity contribution in [3.63, 3.8) is 0 Å². The van der Waals surface area contributed by atoms with Crippen molar-refractivity contribution in [2.45, 2.75) is 32.6 Å². The summed E-state index contributed by atoms with van der Waals surface area (Å²) in [5.74, 6) is 0.997. The maximum Gasteiger partial charge on any atom is 0.222 e. The number of hydrogen-bond donors (Lipinski definition) is 2. The zero-order valence-electron chi connectivity index (χ0n) is 11.2. The molecule has 1 saturated heterocycles. The predicted molar refractivity (Wildman–Crippen MR) is 70.7 cm³/mol. The predicted octanol–water partition coefficient (Wildman–Crippen LogP) is 0.819. The van der Waals surface area contributed by atoms with E-state index in [1.165, 1.54) is 25.9 Å². The zero-order valence-corrected chi connectivity index (χ0v) is 11.2. The molecule has 0 aromatic rings. The van der Waals surface area contributed by atoms with E-state index in [-0.39, 0.29) is 11.8 Å². The minimum absolute atomic E-state index is 0.0532. The molecule has 0 aliphatic carbocycles. The van der Waals surface area contributed by atoms with Crippen molar-refractivity contribution >= 4 is 5.91 Å². The molecule has 17 heavy (non-hydrogen) atoms. The summed E-state index contributed by atoms with van der Waals surface area (Å²) in [6.07, 6.45) is 4.43. The molecule has 1 aliphatic heterocycles. The van der Waals surface area contributed by atoms with Crippen LogP contribution < -0.4 is 11.1 Å². The molecule has 1 amide bonds. The Morgan fingerprint density at radius 2 is 2.12 bits per heavy atom. The summed E-state index contributed by atoms with van der Waals surface area (Å²) >= 11 is 0. The first kappa shape index (κ1) is 14.5. The van der Waals surface area contributed by atoms with Crippen LogP contribution in [0.15, 0.2) is 0 Å². The Labute approximate surface area is 105 Å². The first-order chi connectivity index (χ1) is 8.13. The molecule has 1 rings (SSSR count). The highest BCUT2D eigenvalue weighted by Crippen LogP contribution is 2.18. The normalized spacial score (nSPS) is 20.2. The van der Waals surface area contributed by atoms with E-state index in [4.69, 9.17) is 5.73 Å². The van der Waals surface area contributed by atoms with Crippen molar-refractivity contribution in [1.82, 2.24) is 10.2 Å². The third kappa shape index (κ3) is 5.50. The third-order valence-corrected chi connectivity index (χ3v) is 3.74. The van der Waals surface area contributed by atoms with Crippen LogP contribution in [-0.2, 0) is 4.79 Å². The van der Waals surface area contributed by atoms with Gasteiger partial charge in [0.15, 0.2) is 0 Å². The van der Waals surface area contributed by atoms with Crippen LogP contribution in [0.2, 0.25) is 0 Å². The third-order valence-electron chi connectivity index (χ3n) is 3.74. The molecule has 3 N–H and O–H groups in total. The highest BCUT2D eigenvalue weighted by Gasteiger charge is 2.17. The fourth-order valence-corrected chi connectivity index (χ4v) is 2.31. The van der Waals surface area contributed by atoms with Crippen molar-refractivity contribution in [1.29, 1.82) is 0 Å². The maximum atomic E-state index is 11.7. The van der Waals surface area contributed by atoms with Gasteiger partial charge < -0.3 is 16.0 Å². The van der Waals surface area contributed by atoms with Crippen LogP contribution in [0.25, 0.3) is 0 Å². The van der Waals surface area contributed by atoms with E-state index < -0.39 is 0 Å². The van der Waals surface area contributed by atoms with Gasteiger partial charge in [0.25, 0.3) is 0 Å². The number of nitrogens with two attached hydrogens (primary N) is 1. The number of nitrogens with one attached hydrogen (secondary N) is 1. The molecule has 1 unspecified atom stereocenters. The molecule has 4 nitrogen and oxygen atoms in total. The highest BCUT2D eigenvalue weighted by molar-refractivity contribution is 5.78. The first-order valence-corrected chi connectivity index (χ1v) is 6.79. The smallest absolute Gasteiger partial charge is 0.222 e. The van der Waals surface area contributed by atoms with Gasteiger partial charge in [0, 0.05) is 12.5 Å². The van der Waals surface area contributed by atoms with Crippen LogP contribution in [0, 0.1) is 11.8 Å². The lowest BCUT2D eigenvalue weighted by Crippen LogP contribution is -2.34. The number of rotatable bonds is 6. The van der Waals surface area contributed by atoms with Crippen molar-refractivity contribution in [3.8, 4) is 0 Å². The first-order valence-electron chi connectivity index (χ1n) is 6.79. The summed E-state index contributed by atoms with van der Waals surface area (Å²) in [7, 11) is 2.17. The lowest BCUT2D eigenvalue weighted by molar-refractivity contribution is -0.124. The van der Waals surface area contributed by atoms with Crippen LogP contribution in [0.1, 0.15) is 32.6 Å². The Morgan fingerprint density at radius 1 is 1.47 bits per heavy atom. The van der Waals surface area contributed by atoms with E-state index in [2.05, 4.69) is 17.3 Å². The van der Waals surface area contributed by atoms with Gasteiger partial charge in [0.1, 0.15) is 0 Å². The van der Waals surface area contributed by atoms with Crippen LogP contribution >= 0.6 is 0 Å². The van der Waals surface area contributed by atoms with E-state index in [9.17, 15) is 4.79 Å². The number of hydrogen-bond acceptors (Lipinski definition) is 3. The molecule has 0 aromatic carbocycles. The fourth-order valence-electron chi connectivity index (χ4n) is 2.31. The van der Waals surface area contributed by atoms with Gasteiger partial charge in [-0.2, -0.15) is 0 Å². The molecule has 4 heteroatoms. The minimum atomic E-state index is 0.0532. The van der Waals surface area contributed by atoms with E-state index in [0.29, 0.717) is 6.54 Å². The van der Waals surface area contributed by atoms with Gasteiger partial charge in [0.05, 0.1) is 0 Å². The Balaban J connectivity index is 2.09. The van der Waals surface area contributed by atoms with Gasteiger partial charge in [0.2, 0.25) is 5.91 Å². The molecule has 1 fully saturated rings. The minimum Gasteiger partial charge on any atom is -0.356 e. The molecule has 0 saturated carbocycles. The average Bonchev–Trinajstić information content (AvgIpc) is 2.32. The Kier molecular flexibility index (Phi) is 6.52. The molecular weight excluding hydrogens is 214 g/mol. The number of nitrogens with zero attached hydrogens (tertiary/aromatic N) is 1. The van der Waals surface area contributed by atoms with E-state index in [1.807, 2.05) is 6.92 Å². The van der Waals surface area contributed by atoms with Gasteiger partial charge in [-0.1, -0.05) is 6.92 Å². The molecule has 1 aliphatic rings. The summed E-state index contributed by atoms with van der Waals surface area (Å²) < 4.78 is 0. The summed E-state index contributed by atoms with van der Waals surface area (Å²) in [4.78, 5) is 14.0. The Morgan fingerprint density at radius 3 is 2.71 bits per heavy atom.